The summed E-state index contributed by atoms with van der Waals surface area (Å²) >= 11 is 0. The van der Waals surface area contributed by atoms with Gasteiger partial charge in [-0.05, 0) is 36.8 Å². The Kier molecular flexibility index (Phi) is 5.03. The van der Waals surface area contributed by atoms with Crippen LogP contribution in [0.5, 0.6) is 0 Å². The summed E-state index contributed by atoms with van der Waals surface area (Å²) in [6.07, 6.45) is 2.89. The molecule has 2 fully saturated rings. The van der Waals surface area contributed by atoms with E-state index in [9.17, 15) is 8.78 Å². The van der Waals surface area contributed by atoms with Crippen LogP contribution in [0.25, 0.3) is 0 Å². The number of aromatic nitrogens is 2. The Morgan fingerprint density at radius 1 is 0.967 bits per heavy atom. The highest BCUT2D eigenvalue weighted by atomic mass is 19.3. The van der Waals surface area contributed by atoms with Gasteiger partial charge in [0, 0.05) is 6.20 Å². The molecule has 1 aliphatic carbocycles. The lowest BCUT2D eigenvalue weighted by molar-refractivity contribution is 0.143. The maximum absolute atomic E-state index is 13.9. The quantitative estimate of drug-likeness (QED) is 0.515. The second-order valence-corrected chi connectivity index (χ2v) is 8.31. The molecule has 6 heteroatoms. The van der Waals surface area contributed by atoms with Gasteiger partial charge in [0.2, 0.25) is 0 Å². The third-order valence-electron chi connectivity index (χ3n) is 6.33. The van der Waals surface area contributed by atoms with E-state index in [1.165, 1.54) is 0 Å². The van der Waals surface area contributed by atoms with Crippen molar-refractivity contribution in [2.75, 3.05) is 11.9 Å². The largest absolute Gasteiger partial charge is 0.371 e. The first-order valence-corrected chi connectivity index (χ1v) is 10.5. The molecule has 1 spiro atoms. The number of hydrogen-bond donors (Lipinski definition) is 1. The van der Waals surface area contributed by atoms with Crippen molar-refractivity contribution in [1.82, 2.24) is 9.78 Å². The Labute approximate surface area is 174 Å². The van der Waals surface area contributed by atoms with Gasteiger partial charge in [0.1, 0.15) is 0 Å². The molecule has 156 valence electrons. The zero-order chi connectivity index (χ0) is 20.6. The second-order valence-electron chi connectivity index (χ2n) is 8.31. The van der Waals surface area contributed by atoms with Gasteiger partial charge in [-0.25, -0.2) is 8.78 Å². The number of ether oxygens (including phenoxy) is 1. The summed E-state index contributed by atoms with van der Waals surface area (Å²) in [5, 5.41) is 7.67. The number of epoxide rings is 1. The molecule has 2 aromatic carbocycles. The van der Waals surface area contributed by atoms with Gasteiger partial charge in [0.15, 0.2) is 5.69 Å². The molecule has 1 N–H and O–H groups in total. The molecule has 0 amide bonds. The van der Waals surface area contributed by atoms with E-state index in [2.05, 4.69) is 10.4 Å². The number of nitrogens with one attached hydrogen (secondary N) is 1. The third-order valence-corrected chi connectivity index (χ3v) is 6.33. The lowest BCUT2D eigenvalue weighted by Crippen LogP contribution is -2.24. The van der Waals surface area contributed by atoms with Crippen LogP contribution in [0, 0.1) is 0 Å². The van der Waals surface area contributed by atoms with Gasteiger partial charge in [-0.15, -0.1) is 0 Å². The van der Waals surface area contributed by atoms with Crippen molar-refractivity contribution in [3.63, 3.8) is 0 Å². The third kappa shape index (κ3) is 3.84. The average Bonchev–Trinajstić information content (AvgIpc) is 3.39. The Balaban J connectivity index is 1.45. The number of nitrogens with zero attached hydrogens (tertiary/aromatic N) is 2. The first kappa shape index (κ1) is 19.2. The predicted octanol–water partition coefficient (Wildman–Crippen LogP) is 5.91. The fourth-order valence-corrected chi connectivity index (χ4v) is 4.45. The van der Waals surface area contributed by atoms with Crippen LogP contribution in [0.4, 0.5) is 14.5 Å². The molecule has 0 unspecified atom stereocenters. The van der Waals surface area contributed by atoms with E-state index in [1.54, 1.807) is 10.9 Å². The van der Waals surface area contributed by atoms with Crippen LogP contribution in [0.2, 0.25) is 0 Å². The van der Waals surface area contributed by atoms with Crippen molar-refractivity contribution in [3.8, 4) is 0 Å². The van der Waals surface area contributed by atoms with Crippen LogP contribution in [-0.2, 0) is 4.74 Å². The van der Waals surface area contributed by atoms with Crippen molar-refractivity contribution < 1.29 is 13.5 Å². The van der Waals surface area contributed by atoms with Gasteiger partial charge in [-0.3, -0.25) is 4.68 Å². The number of anilines is 1. The fraction of sp³-hybridized carbons (Fsp3) is 0.375. The first-order chi connectivity index (χ1) is 14.6. The van der Waals surface area contributed by atoms with E-state index in [4.69, 9.17) is 4.74 Å². The molecule has 2 heterocycles. The Morgan fingerprint density at radius 2 is 1.53 bits per heavy atom. The van der Waals surface area contributed by atoms with Crippen molar-refractivity contribution in [3.05, 3.63) is 83.7 Å². The zero-order valence-corrected chi connectivity index (χ0v) is 16.7. The van der Waals surface area contributed by atoms with Crippen molar-refractivity contribution in [2.24, 2.45) is 0 Å². The SMILES string of the molecule is FC(F)c1nn(C2CCC3(CC2)CO3)cc1NC(c1ccccc1)c1ccccc1. The zero-order valence-electron chi connectivity index (χ0n) is 16.7. The van der Waals surface area contributed by atoms with Crippen LogP contribution < -0.4 is 5.32 Å². The highest BCUT2D eigenvalue weighted by molar-refractivity contribution is 5.52. The monoisotopic (exact) mass is 409 g/mol. The molecule has 1 aromatic heterocycles. The molecule has 0 bridgehead atoms. The van der Waals surface area contributed by atoms with E-state index in [0.717, 1.165) is 43.4 Å². The lowest BCUT2D eigenvalue weighted by atomic mass is 9.86. The van der Waals surface area contributed by atoms with E-state index in [0.29, 0.717) is 5.69 Å². The Hall–Kier alpha value is -2.73. The highest BCUT2D eigenvalue weighted by Crippen LogP contribution is 2.45. The molecule has 3 aromatic rings. The number of halogens is 2. The maximum Gasteiger partial charge on any atom is 0.284 e. The van der Waals surface area contributed by atoms with Crippen LogP contribution in [0.1, 0.15) is 61.0 Å². The topological polar surface area (TPSA) is 42.4 Å². The Morgan fingerprint density at radius 3 is 2.03 bits per heavy atom. The predicted molar refractivity (Wildman–Crippen MR) is 112 cm³/mol. The molecule has 2 aliphatic rings. The van der Waals surface area contributed by atoms with E-state index < -0.39 is 6.43 Å². The number of rotatable bonds is 6. The summed E-state index contributed by atoms with van der Waals surface area (Å²) in [6.45, 7) is 0.837. The van der Waals surface area contributed by atoms with E-state index in [-0.39, 0.29) is 23.4 Å². The van der Waals surface area contributed by atoms with Crippen LogP contribution in [0.3, 0.4) is 0 Å². The fourth-order valence-electron chi connectivity index (χ4n) is 4.45. The van der Waals surface area contributed by atoms with Crippen molar-refractivity contribution in [1.29, 1.82) is 0 Å². The molecule has 0 radical (unpaired) electrons. The number of hydrogen-bond acceptors (Lipinski definition) is 3. The molecule has 1 aliphatic heterocycles. The average molecular weight is 409 g/mol. The molecule has 1 saturated carbocycles. The van der Waals surface area contributed by atoms with Crippen LogP contribution in [-0.4, -0.2) is 22.0 Å². The number of benzene rings is 2. The minimum atomic E-state index is -2.64. The van der Waals surface area contributed by atoms with Gasteiger partial charge in [0.25, 0.3) is 6.43 Å². The van der Waals surface area contributed by atoms with E-state index in [1.807, 2.05) is 60.7 Å². The molecule has 1 saturated heterocycles. The van der Waals surface area contributed by atoms with Crippen molar-refractivity contribution in [2.45, 2.75) is 49.8 Å². The second kappa shape index (κ2) is 7.84. The summed E-state index contributed by atoms with van der Waals surface area (Å²) in [5.74, 6) is 0. The van der Waals surface area contributed by atoms with Gasteiger partial charge < -0.3 is 10.1 Å². The molecule has 30 heavy (non-hydrogen) atoms. The summed E-state index contributed by atoms with van der Waals surface area (Å²) in [6, 6.07) is 19.7. The summed E-state index contributed by atoms with van der Waals surface area (Å²) in [5.41, 5.74) is 2.31. The highest BCUT2D eigenvalue weighted by Gasteiger charge is 2.47. The maximum atomic E-state index is 13.9. The normalized spacial score (nSPS) is 23.3. The van der Waals surface area contributed by atoms with Gasteiger partial charge >= 0.3 is 0 Å². The standard InChI is InChI=1S/C24H25F2N3O/c25-23(26)22-20(15-29(28-22)19-11-13-24(14-12-19)16-30-24)27-21(17-7-3-1-4-8-17)18-9-5-2-6-10-18/h1-10,15,19,21,23,27H,11-14,16H2. The smallest absolute Gasteiger partial charge is 0.284 e. The first-order valence-electron chi connectivity index (χ1n) is 10.5. The molecular formula is C24H25F2N3O. The lowest BCUT2D eigenvalue weighted by Gasteiger charge is -2.26. The minimum absolute atomic E-state index is 0.0714. The van der Waals surface area contributed by atoms with E-state index >= 15 is 0 Å². The molecule has 0 atom stereocenters. The summed E-state index contributed by atoms with van der Waals surface area (Å²) in [4.78, 5) is 0. The Bertz CT molecular complexity index is 937. The van der Waals surface area contributed by atoms with Gasteiger partial charge in [-0.2, -0.15) is 5.10 Å². The van der Waals surface area contributed by atoms with Crippen molar-refractivity contribution >= 4 is 5.69 Å². The molecule has 5 rings (SSSR count). The van der Waals surface area contributed by atoms with Gasteiger partial charge in [-0.1, -0.05) is 60.7 Å². The minimum Gasteiger partial charge on any atom is -0.371 e. The summed E-state index contributed by atoms with van der Waals surface area (Å²) in [7, 11) is 0. The molecular weight excluding hydrogens is 384 g/mol. The van der Waals surface area contributed by atoms with Gasteiger partial charge in [0.05, 0.1) is 30.0 Å². The summed E-state index contributed by atoms with van der Waals surface area (Å²) < 4.78 is 35.0. The van der Waals surface area contributed by atoms with Crippen LogP contribution in [0.15, 0.2) is 66.9 Å². The molecule has 4 nitrogen and oxygen atoms in total. The van der Waals surface area contributed by atoms with Crippen LogP contribution >= 0.6 is 0 Å². The number of alkyl halides is 2.